The summed E-state index contributed by atoms with van der Waals surface area (Å²) in [4.78, 5) is 11.7. The number of thioether (sulfide) groups is 1. The highest BCUT2D eigenvalue weighted by atomic mass is 32.2. The number of carbonyl (C=O) groups excluding carboxylic acids is 1. The average molecular weight is 435 g/mol. The van der Waals surface area contributed by atoms with Crippen LogP contribution in [-0.4, -0.2) is 29.1 Å². The van der Waals surface area contributed by atoms with Crippen LogP contribution in [0.1, 0.15) is 30.0 Å². The fraction of sp³-hybridized carbons (Fsp3) is 0.333. The molecule has 1 spiro atoms. The Kier molecular flexibility index (Phi) is 5.27. The normalized spacial score (nSPS) is 23.2. The minimum atomic E-state index is -4.47. The quantitative estimate of drug-likeness (QED) is 0.786. The maximum Gasteiger partial charge on any atom is 0.416 e. The van der Waals surface area contributed by atoms with E-state index >= 15 is 0 Å². The largest absolute Gasteiger partial charge is 0.493 e. The zero-order valence-electron chi connectivity index (χ0n) is 16.1. The fourth-order valence-electron chi connectivity index (χ4n) is 3.94. The van der Waals surface area contributed by atoms with Gasteiger partial charge in [-0.1, -0.05) is 42.1 Å². The third-order valence-electron chi connectivity index (χ3n) is 5.27. The molecule has 2 heterocycles. The van der Waals surface area contributed by atoms with E-state index in [9.17, 15) is 18.0 Å². The van der Waals surface area contributed by atoms with Crippen molar-refractivity contribution in [1.82, 2.24) is 5.01 Å². The van der Waals surface area contributed by atoms with E-state index in [-0.39, 0.29) is 11.8 Å². The molecule has 2 aromatic carbocycles. The Morgan fingerprint density at radius 2 is 2.07 bits per heavy atom. The Morgan fingerprint density at radius 3 is 2.77 bits per heavy atom. The molecule has 5 nitrogen and oxygen atoms in total. The number of hydrazone groups is 1. The van der Waals surface area contributed by atoms with Gasteiger partial charge in [0.1, 0.15) is 10.8 Å². The minimum absolute atomic E-state index is 0.182. The number of amides is 1. The molecule has 2 aliphatic rings. The van der Waals surface area contributed by atoms with Crippen molar-refractivity contribution in [3.63, 3.8) is 0 Å². The first-order valence-corrected chi connectivity index (χ1v) is 10.3. The van der Waals surface area contributed by atoms with Gasteiger partial charge < -0.3 is 10.5 Å². The number of para-hydroxylation sites is 1. The molecule has 0 saturated carbocycles. The molecule has 0 fully saturated rings. The van der Waals surface area contributed by atoms with Crippen molar-refractivity contribution in [3.05, 3.63) is 65.2 Å². The van der Waals surface area contributed by atoms with Crippen LogP contribution in [0, 0.1) is 5.92 Å². The molecular formula is C21H20F3N3O2S. The topological polar surface area (TPSA) is 67.9 Å². The molecule has 2 N–H and O–H groups in total. The maximum absolute atomic E-state index is 13.2. The molecule has 4 rings (SSSR count). The number of hydrogen-bond donors (Lipinski definition) is 1. The predicted molar refractivity (Wildman–Crippen MR) is 109 cm³/mol. The summed E-state index contributed by atoms with van der Waals surface area (Å²) in [5, 5.41) is 6.23. The van der Waals surface area contributed by atoms with Crippen molar-refractivity contribution in [2.45, 2.75) is 24.4 Å². The average Bonchev–Trinajstić information content (AvgIpc) is 3.12. The van der Waals surface area contributed by atoms with Gasteiger partial charge >= 0.3 is 6.18 Å². The number of benzene rings is 2. The zero-order chi connectivity index (χ0) is 21.5. The minimum Gasteiger partial charge on any atom is -0.493 e. The summed E-state index contributed by atoms with van der Waals surface area (Å²) < 4.78 is 45.6. The third-order valence-corrected chi connectivity index (χ3v) is 6.82. The number of ether oxygens (including phenoxy) is 1. The van der Waals surface area contributed by atoms with Crippen molar-refractivity contribution < 1.29 is 22.7 Å². The van der Waals surface area contributed by atoms with Crippen LogP contribution in [0.25, 0.3) is 0 Å². The molecule has 2 unspecified atom stereocenters. The first-order chi connectivity index (χ1) is 14.3. The maximum atomic E-state index is 13.2. The molecule has 9 heteroatoms. The van der Waals surface area contributed by atoms with Gasteiger partial charge in [-0.25, -0.2) is 5.01 Å². The highest BCUT2D eigenvalue weighted by molar-refractivity contribution is 8.15. The molecule has 30 heavy (non-hydrogen) atoms. The lowest BCUT2D eigenvalue weighted by molar-refractivity contribution is -0.137. The van der Waals surface area contributed by atoms with Crippen molar-refractivity contribution in [2.75, 3.05) is 13.2 Å². The van der Waals surface area contributed by atoms with Gasteiger partial charge in [-0.15, -0.1) is 0 Å². The van der Waals surface area contributed by atoms with Crippen LogP contribution < -0.4 is 10.5 Å². The van der Waals surface area contributed by atoms with Gasteiger partial charge in [0.2, 0.25) is 5.91 Å². The van der Waals surface area contributed by atoms with Crippen molar-refractivity contribution in [3.8, 4) is 5.75 Å². The smallest absolute Gasteiger partial charge is 0.416 e. The number of carbonyl (C=O) groups is 1. The van der Waals surface area contributed by atoms with Crippen molar-refractivity contribution >= 4 is 22.7 Å². The Hall–Kier alpha value is -2.52. The molecule has 0 saturated heterocycles. The van der Waals surface area contributed by atoms with E-state index in [2.05, 4.69) is 5.10 Å². The van der Waals surface area contributed by atoms with E-state index in [1.54, 1.807) is 6.07 Å². The number of fused-ring (bicyclic) bond motifs is 2. The molecule has 2 aromatic rings. The number of rotatable bonds is 3. The van der Waals surface area contributed by atoms with E-state index in [1.165, 1.54) is 29.8 Å². The molecule has 0 radical (unpaired) electrons. The number of alkyl halides is 3. The van der Waals surface area contributed by atoms with Crippen LogP contribution in [-0.2, 0) is 15.8 Å². The lowest BCUT2D eigenvalue weighted by Gasteiger charge is -2.45. The summed E-state index contributed by atoms with van der Waals surface area (Å²) in [5.74, 6) is 0.145. The van der Waals surface area contributed by atoms with E-state index < -0.39 is 16.6 Å². The van der Waals surface area contributed by atoms with Gasteiger partial charge in [0.15, 0.2) is 4.87 Å². The number of halogens is 3. The van der Waals surface area contributed by atoms with Crippen LogP contribution >= 0.6 is 11.8 Å². The van der Waals surface area contributed by atoms with Gasteiger partial charge in [0, 0.05) is 24.0 Å². The first-order valence-electron chi connectivity index (χ1n) is 9.46. The van der Waals surface area contributed by atoms with Crippen molar-refractivity contribution in [2.24, 2.45) is 16.8 Å². The number of hydrogen-bond acceptors (Lipinski definition) is 5. The second-order valence-electron chi connectivity index (χ2n) is 7.19. The van der Waals surface area contributed by atoms with E-state index in [4.69, 9.17) is 10.5 Å². The second-order valence-corrected chi connectivity index (χ2v) is 8.41. The van der Waals surface area contributed by atoms with Crippen LogP contribution in [0.3, 0.4) is 0 Å². The van der Waals surface area contributed by atoms with E-state index in [0.29, 0.717) is 35.9 Å². The van der Waals surface area contributed by atoms with Gasteiger partial charge in [0.25, 0.3) is 0 Å². The fourth-order valence-corrected chi connectivity index (χ4v) is 5.49. The predicted octanol–water partition coefficient (Wildman–Crippen LogP) is 4.17. The Morgan fingerprint density at radius 1 is 1.30 bits per heavy atom. The molecule has 1 amide bonds. The van der Waals surface area contributed by atoms with E-state index in [1.807, 2.05) is 24.3 Å². The highest BCUT2D eigenvalue weighted by Gasteiger charge is 2.56. The Balaban J connectivity index is 1.85. The molecule has 0 bridgehead atoms. The van der Waals surface area contributed by atoms with Crippen LogP contribution in [0.5, 0.6) is 5.75 Å². The van der Waals surface area contributed by atoms with Crippen LogP contribution in [0.2, 0.25) is 0 Å². The summed E-state index contributed by atoms with van der Waals surface area (Å²) in [6.45, 7) is 2.11. The van der Waals surface area contributed by atoms with Gasteiger partial charge in [-0.3, -0.25) is 4.79 Å². The summed E-state index contributed by atoms with van der Waals surface area (Å²) in [6, 6.07) is 12.4. The lowest BCUT2D eigenvalue weighted by Crippen LogP contribution is -2.51. The standard InChI is InChI=1S/C21H20F3N3O2S/c1-13(28)27-20(16(9-10-25)12-29-18-8-3-2-7-17(18)20)30-19(26-27)14-5-4-6-15(11-14)21(22,23)24/h2-8,11,16H,9-10,12,25H2,1H3. The van der Waals surface area contributed by atoms with E-state index in [0.717, 1.165) is 17.7 Å². The zero-order valence-corrected chi connectivity index (χ0v) is 17.0. The summed E-state index contributed by atoms with van der Waals surface area (Å²) in [5.41, 5.74) is 6.15. The van der Waals surface area contributed by atoms with Crippen LogP contribution in [0.15, 0.2) is 53.6 Å². The molecule has 0 aliphatic carbocycles. The molecule has 158 valence electrons. The van der Waals surface area contributed by atoms with Gasteiger partial charge in [0.05, 0.1) is 12.2 Å². The molecule has 2 atom stereocenters. The lowest BCUT2D eigenvalue weighted by atomic mass is 9.86. The second kappa shape index (κ2) is 7.63. The molecule has 0 aromatic heterocycles. The molecule has 2 aliphatic heterocycles. The number of nitrogens with zero attached hydrogens (tertiary/aromatic N) is 2. The Bertz CT molecular complexity index is 1010. The van der Waals surface area contributed by atoms with Crippen LogP contribution in [0.4, 0.5) is 13.2 Å². The monoisotopic (exact) mass is 435 g/mol. The van der Waals surface area contributed by atoms with Gasteiger partial charge in [-0.05, 0) is 31.2 Å². The summed E-state index contributed by atoms with van der Waals surface area (Å²) in [6.07, 6.45) is -3.90. The first kappa shape index (κ1) is 20.7. The highest BCUT2D eigenvalue weighted by Crippen LogP contribution is 2.57. The summed E-state index contributed by atoms with van der Waals surface area (Å²) in [7, 11) is 0. The number of nitrogens with two attached hydrogens (primary N) is 1. The van der Waals surface area contributed by atoms with Gasteiger partial charge in [-0.2, -0.15) is 18.3 Å². The molecular weight excluding hydrogens is 415 g/mol. The summed E-state index contributed by atoms with van der Waals surface area (Å²) >= 11 is 1.29. The SMILES string of the molecule is CC(=O)N1N=C(c2cccc(C(F)(F)F)c2)SC12c1ccccc1OCC2CCN. The van der Waals surface area contributed by atoms with Crippen molar-refractivity contribution in [1.29, 1.82) is 0 Å². The Labute approximate surface area is 176 Å². The third kappa shape index (κ3) is 3.35.